The number of alkyl halides is 8. The fourth-order valence-corrected chi connectivity index (χ4v) is 13.2. The van der Waals surface area contributed by atoms with Gasteiger partial charge in [0.25, 0.3) is 0 Å². The lowest BCUT2D eigenvalue weighted by molar-refractivity contribution is 0.207. The molecule has 0 N–H and O–H groups in total. The first kappa shape index (κ1) is 32.5. The Kier molecular flexibility index (Phi) is 8.82. The van der Waals surface area contributed by atoms with Crippen molar-refractivity contribution in [2.75, 3.05) is 26.4 Å². The van der Waals surface area contributed by atoms with Gasteiger partial charge < -0.3 is 0 Å². The summed E-state index contributed by atoms with van der Waals surface area (Å²) < 4.78 is 39.5. The Labute approximate surface area is 282 Å². The zero-order valence-corrected chi connectivity index (χ0v) is 28.6. The molecule has 6 rings (SSSR count). The predicted octanol–water partition coefficient (Wildman–Crippen LogP) is 7.38. The van der Waals surface area contributed by atoms with Crippen LogP contribution in [0.5, 0.6) is 0 Å². The van der Waals surface area contributed by atoms with Crippen LogP contribution in [0.25, 0.3) is 0 Å². The molecular formula is C18H12Cl12O6S2. The summed E-state index contributed by atoms with van der Waals surface area (Å²) in [6.45, 7) is 0.0430. The highest BCUT2D eigenvalue weighted by molar-refractivity contribution is 7.75. The molecule has 0 spiro atoms. The topological polar surface area (TPSA) is 71.1 Å². The summed E-state index contributed by atoms with van der Waals surface area (Å²) in [5.41, 5.74) is 0. The average Bonchev–Trinajstić information content (AvgIpc) is 3.11. The van der Waals surface area contributed by atoms with E-state index in [1.807, 2.05) is 0 Å². The molecule has 8 unspecified atom stereocenters. The van der Waals surface area contributed by atoms with E-state index in [1.165, 1.54) is 0 Å². The van der Waals surface area contributed by atoms with Gasteiger partial charge in [0, 0.05) is 23.7 Å². The first-order valence-electron chi connectivity index (χ1n) is 10.4. The summed E-state index contributed by atoms with van der Waals surface area (Å²) >= 11 is 72.7. The second-order valence-electron chi connectivity index (χ2n) is 9.22. The van der Waals surface area contributed by atoms with Crippen LogP contribution in [-0.2, 0) is 39.5 Å². The SMILES string of the molecule is O=S1OCC2C(CO1)C1(Cl)C(Cl)=C(Cl)C2(Cl)C1(Cl)Cl.O=S1OCC2C(CO1)C1(Cl)C(Cl)=C(Cl)C2(Cl)C1(Cl)Cl. The maximum Gasteiger partial charge on any atom is 0.304 e. The molecule has 2 saturated carbocycles. The molecule has 2 heterocycles. The summed E-state index contributed by atoms with van der Waals surface area (Å²) in [6.07, 6.45) is 0. The molecule has 6 nitrogen and oxygen atoms in total. The molecule has 4 aliphatic carbocycles. The molecule has 8 atom stereocenters. The molecule has 216 valence electrons. The standard InChI is InChI=1S/2C9H6Cl6O3S/c2*10-5-6(11)8(13)4-2-18-19(16)17-1-3(4)7(5,12)9(8,14)15/h2*3-4H,1-2H2. The molecular weight excluding hydrogens is 802 g/mol. The van der Waals surface area contributed by atoms with Crippen molar-refractivity contribution in [3.8, 4) is 0 Å². The average molecular weight is 814 g/mol. The van der Waals surface area contributed by atoms with Crippen LogP contribution in [0.15, 0.2) is 20.1 Å². The first-order valence-corrected chi connectivity index (χ1v) is 16.9. The third-order valence-electron chi connectivity index (χ3n) is 7.88. The van der Waals surface area contributed by atoms with Crippen LogP contribution < -0.4 is 0 Å². The van der Waals surface area contributed by atoms with E-state index in [2.05, 4.69) is 0 Å². The fraction of sp³-hybridized carbons (Fsp3) is 0.778. The number of hydrogen-bond donors (Lipinski definition) is 0. The normalized spacial score (nSPS) is 52.2. The van der Waals surface area contributed by atoms with Crippen LogP contribution in [-0.4, -0.2) is 63.0 Å². The Morgan fingerprint density at radius 2 is 0.658 bits per heavy atom. The predicted molar refractivity (Wildman–Crippen MR) is 155 cm³/mol. The monoisotopic (exact) mass is 808 g/mol. The number of hydrogen-bond acceptors (Lipinski definition) is 6. The Bertz CT molecular complexity index is 1030. The van der Waals surface area contributed by atoms with Gasteiger partial charge in [-0.3, -0.25) is 16.7 Å². The minimum Gasteiger partial charge on any atom is -0.268 e. The molecule has 0 aromatic carbocycles. The molecule has 0 aromatic rings. The van der Waals surface area contributed by atoms with Gasteiger partial charge >= 0.3 is 22.7 Å². The minimum absolute atomic E-state index is 0.0107. The van der Waals surface area contributed by atoms with E-state index in [0.29, 0.717) is 0 Å². The summed E-state index contributed by atoms with van der Waals surface area (Å²) in [7, 11) is 0. The van der Waals surface area contributed by atoms with Crippen molar-refractivity contribution < 1.29 is 25.2 Å². The van der Waals surface area contributed by atoms with Crippen LogP contribution in [0.3, 0.4) is 0 Å². The molecule has 38 heavy (non-hydrogen) atoms. The van der Waals surface area contributed by atoms with Gasteiger partial charge in [-0.15, -0.1) is 46.4 Å². The summed E-state index contributed by atoms with van der Waals surface area (Å²) in [4.78, 5) is -5.56. The van der Waals surface area contributed by atoms with Gasteiger partial charge in [0.05, 0.1) is 46.6 Å². The number of halogens is 12. The van der Waals surface area contributed by atoms with Crippen LogP contribution in [0.4, 0.5) is 0 Å². The molecule has 2 aliphatic heterocycles. The quantitative estimate of drug-likeness (QED) is 0.238. The first-order chi connectivity index (χ1) is 17.4. The summed E-state index contributed by atoms with van der Waals surface area (Å²) in [5.74, 6) is -1.82. The van der Waals surface area contributed by atoms with E-state index in [-0.39, 0.29) is 46.6 Å². The second kappa shape index (κ2) is 10.3. The van der Waals surface area contributed by atoms with E-state index in [4.69, 9.17) is 156 Å². The highest BCUT2D eigenvalue weighted by atomic mass is 35.5. The van der Waals surface area contributed by atoms with Gasteiger partial charge in [-0.25, -0.2) is 0 Å². The molecule has 0 radical (unpaired) electrons. The van der Waals surface area contributed by atoms with Gasteiger partial charge in [-0.1, -0.05) is 92.8 Å². The van der Waals surface area contributed by atoms with E-state index in [1.54, 1.807) is 0 Å². The number of fused-ring (bicyclic) bond motifs is 10. The van der Waals surface area contributed by atoms with Crippen LogP contribution >= 0.6 is 139 Å². The molecule has 20 heteroatoms. The highest BCUT2D eigenvalue weighted by Crippen LogP contribution is 2.77. The second-order valence-corrected chi connectivity index (χ2v) is 17.5. The molecule has 4 bridgehead atoms. The molecule has 6 aliphatic rings. The van der Waals surface area contributed by atoms with Crippen molar-refractivity contribution in [3.63, 3.8) is 0 Å². The van der Waals surface area contributed by atoms with Crippen LogP contribution in [0.1, 0.15) is 0 Å². The highest BCUT2D eigenvalue weighted by Gasteiger charge is 2.83. The molecule has 0 aromatic heterocycles. The van der Waals surface area contributed by atoms with Crippen molar-refractivity contribution in [2.24, 2.45) is 23.7 Å². The van der Waals surface area contributed by atoms with Crippen molar-refractivity contribution in [1.29, 1.82) is 0 Å². The maximum atomic E-state index is 11.3. The number of allylic oxidation sites excluding steroid dienone is 4. The van der Waals surface area contributed by atoms with Crippen molar-refractivity contribution >= 4 is 162 Å². The molecule has 0 amide bonds. The summed E-state index contributed by atoms with van der Waals surface area (Å²) in [6, 6.07) is 0. The zero-order chi connectivity index (χ0) is 28.4. The van der Waals surface area contributed by atoms with E-state index in [0.717, 1.165) is 0 Å². The van der Waals surface area contributed by atoms with Gasteiger partial charge in [-0.2, -0.15) is 8.42 Å². The molecule has 2 saturated heterocycles. The Morgan fingerprint density at radius 1 is 0.474 bits per heavy atom. The minimum atomic E-state index is -1.86. The van der Waals surface area contributed by atoms with Gasteiger partial charge in [0.1, 0.15) is 19.5 Å². The number of rotatable bonds is 0. The summed E-state index contributed by atoms with van der Waals surface area (Å²) in [5, 5.41) is 0.420. The van der Waals surface area contributed by atoms with E-state index >= 15 is 0 Å². The largest absolute Gasteiger partial charge is 0.304 e. The third kappa shape index (κ3) is 3.75. The van der Waals surface area contributed by atoms with Gasteiger partial charge in [0.15, 0.2) is 8.67 Å². The van der Waals surface area contributed by atoms with Crippen molar-refractivity contribution in [2.45, 2.75) is 28.2 Å². The van der Waals surface area contributed by atoms with Crippen molar-refractivity contribution in [1.82, 2.24) is 0 Å². The lowest BCUT2D eigenvalue weighted by Gasteiger charge is -2.33. The van der Waals surface area contributed by atoms with E-state index < -0.39 is 74.6 Å². The van der Waals surface area contributed by atoms with Crippen LogP contribution in [0.2, 0.25) is 0 Å². The Morgan fingerprint density at radius 3 is 0.842 bits per heavy atom. The van der Waals surface area contributed by atoms with Gasteiger partial charge in [-0.05, 0) is 0 Å². The Balaban J connectivity index is 0.000000155. The third-order valence-corrected chi connectivity index (χ3v) is 17.9. The van der Waals surface area contributed by atoms with Gasteiger partial charge in [0.2, 0.25) is 0 Å². The molecule has 4 fully saturated rings. The Hall–Kier alpha value is 3.10. The zero-order valence-electron chi connectivity index (χ0n) is 17.9. The maximum absolute atomic E-state index is 11.3. The van der Waals surface area contributed by atoms with E-state index in [9.17, 15) is 8.42 Å². The van der Waals surface area contributed by atoms with Crippen LogP contribution in [0, 0.1) is 23.7 Å². The fourth-order valence-electron chi connectivity index (χ4n) is 5.92. The lowest BCUT2D eigenvalue weighted by atomic mass is 9.83. The van der Waals surface area contributed by atoms with Crippen molar-refractivity contribution in [3.05, 3.63) is 20.1 Å². The lowest BCUT2D eigenvalue weighted by Crippen LogP contribution is -2.45. The smallest absolute Gasteiger partial charge is 0.268 e.